The Balaban J connectivity index is 2.14. The van der Waals surface area contributed by atoms with Gasteiger partial charge in [-0.25, -0.2) is 9.36 Å². The van der Waals surface area contributed by atoms with Gasteiger partial charge in [0.25, 0.3) is 0 Å². The normalized spacial score (nSPS) is 19.2. The quantitative estimate of drug-likeness (QED) is 0.731. The molecule has 0 saturated carbocycles. The van der Waals surface area contributed by atoms with E-state index in [0.29, 0.717) is 5.52 Å². The van der Waals surface area contributed by atoms with E-state index in [-0.39, 0.29) is 0 Å². The predicted molar refractivity (Wildman–Crippen MR) is 102 cm³/mol. The summed E-state index contributed by atoms with van der Waals surface area (Å²) in [6.45, 7) is 15.5. The summed E-state index contributed by atoms with van der Waals surface area (Å²) in [4.78, 5) is 17.0. The molecule has 0 atom stereocenters. The average Bonchev–Trinajstić information content (AvgIpc) is 2.86. The van der Waals surface area contributed by atoms with Gasteiger partial charge in [-0.1, -0.05) is 0 Å². The molecule has 1 aliphatic heterocycles. The van der Waals surface area contributed by atoms with Gasteiger partial charge in [-0.05, 0) is 61.5 Å². The monoisotopic (exact) mass is 358 g/mol. The van der Waals surface area contributed by atoms with Gasteiger partial charge in [0.2, 0.25) is 0 Å². The lowest BCUT2D eigenvalue weighted by Crippen LogP contribution is -2.41. The number of hydrogen-bond acceptors (Lipinski definition) is 5. The highest BCUT2D eigenvalue weighted by molar-refractivity contribution is 6.66. The summed E-state index contributed by atoms with van der Waals surface area (Å²) >= 11 is 0. The molecule has 0 radical (unpaired) electrons. The minimum absolute atomic E-state index is 0.434. The lowest BCUT2D eigenvalue weighted by molar-refractivity contribution is 0.00578. The van der Waals surface area contributed by atoms with Gasteiger partial charge in [-0.3, -0.25) is 4.98 Å². The van der Waals surface area contributed by atoms with Crippen LogP contribution >= 0.6 is 0 Å². The minimum atomic E-state index is -0.590. The molecule has 0 aromatic carbocycles. The van der Waals surface area contributed by atoms with Crippen LogP contribution in [0.15, 0.2) is 18.5 Å². The highest BCUT2D eigenvalue weighted by atomic mass is 16.7. The molecule has 0 aliphatic carbocycles. The molecule has 0 N–H and O–H groups in total. The molecule has 3 rings (SSSR count). The van der Waals surface area contributed by atoms with E-state index in [4.69, 9.17) is 14.0 Å². The highest BCUT2D eigenvalue weighted by Crippen LogP contribution is 2.37. The second kappa shape index (κ2) is 5.82. The molecule has 3 heterocycles. The highest BCUT2D eigenvalue weighted by Gasteiger charge is 2.53. The van der Waals surface area contributed by atoms with Crippen molar-refractivity contribution in [3.05, 3.63) is 24.2 Å². The Hall–Kier alpha value is -1.86. The zero-order chi connectivity index (χ0) is 19.5. The predicted octanol–water partition coefficient (Wildman–Crippen LogP) is 3.43. The van der Waals surface area contributed by atoms with Crippen LogP contribution in [0.3, 0.4) is 0 Å². The van der Waals surface area contributed by atoms with Crippen molar-refractivity contribution in [3.63, 3.8) is 0 Å². The van der Waals surface area contributed by atoms with Crippen LogP contribution in [0.4, 0.5) is 4.79 Å². The van der Waals surface area contributed by atoms with E-state index in [9.17, 15) is 4.79 Å². The van der Waals surface area contributed by atoms with Gasteiger partial charge >= 0.3 is 13.2 Å². The molecule has 1 aliphatic rings. The second-order valence-electron chi connectivity index (χ2n) is 8.80. The van der Waals surface area contributed by atoms with Gasteiger partial charge in [0.15, 0.2) is 0 Å². The Kier molecular flexibility index (Phi) is 4.24. The van der Waals surface area contributed by atoms with Crippen LogP contribution in [-0.2, 0) is 14.0 Å². The third kappa shape index (κ3) is 3.03. The fraction of sp³-hybridized carbons (Fsp3) is 0.579. The van der Waals surface area contributed by atoms with E-state index in [1.807, 2.05) is 61.5 Å². The zero-order valence-corrected chi connectivity index (χ0v) is 16.8. The summed E-state index contributed by atoms with van der Waals surface area (Å²) in [6.07, 6.45) is 2.94. The van der Waals surface area contributed by atoms with Gasteiger partial charge in [0, 0.05) is 22.7 Å². The number of rotatable bonds is 1. The van der Waals surface area contributed by atoms with Crippen molar-refractivity contribution in [1.29, 1.82) is 0 Å². The second-order valence-corrected chi connectivity index (χ2v) is 8.80. The maximum absolute atomic E-state index is 12.8. The number of hydrogen-bond donors (Lipinski definition) is 0. The molecule has 2 aromatic rings. The molecule has 0 unspecified atom stereocenters. The lowest BCUT2D eigenvalue weighted by Gasteiger charge is -2.32. The van der Waals surface area contributed by atoms with Crippen LogP contribution in [0.1, 0.15) is 54.2 Å². The topological polar surface area (TPSA) is 62.6 Å². The molecule has 1 saturated heterocycles. The molecule has 0 spiro atoms. The largest absolute Gasteiger partial charge is 0.497 e. The Bertz CT molecular complexity index is 848. The van der Waals surface area contributed by atoms with Crippen molar-refractivity contribution < 1.29 is 18.8 Å². The van der Waals surface area contributed by atoms with Crippen molar-refractivity contribution in [2.75, 3.05) is 0 Å². The molecule has 140 valence electrons. The summed E-state index contributed by atoms with van der Waals surface area (Å²) < 4.78 is 19.6. The van der Waals surface area contributed by atoms with Gasteiger partial charge in [0.05, 0.1) is 22.9 Å². The molecule has 6 nitrogen and oxygen atoms in total. The number of carbonyl (C=O) groups is 1. The van der Waals surface area contributed by atoms with Crippen molar-refractivity contribution in [1.82, 2.24) is 9.55 Å². The summed E-state index contributed by atoms with van der Waals surface area (Å²) in [7, 11) is -0.561. The molecule has 2 aromatic heterocycles. The number of carbonyl (C=O) groups excluding carboxylic acids is 1. The van der Waals surface area contributed by atoms with Crippen LogP contribution in [0.5, 0.6) is 0 Å². The Morgan fingerprint density at radius 3 is 2.31 bits per heavy atom. The van der Waals surface area contributed by atoms with Crippen LogP contribution < -0.4 is 5.46 Å². The molecule has 7 heteroatoms. The number of aromatic nitrogens is 2. The van der Waals surface area contributed by atoms with Gasteiger partial charge in [-0.2, -0.15) is 0 Å². The summed E-state index contributed by atoms with van der Waals surface area (Å²) in [5.74, 6) is 0. The number of pyridine rings is 1. The molecular formula is C19H27BN2O4. The number of fused-ring (bicyclic) bond motifs is 1. The summed E-state index contributed by atoms with van der Waals surface area (Å²) in [5, 5.41) is 0.877. The fourth-order valence-electron chi connectivity index (χ4n) is 3.09. The maximum atomic E-state index is 12.8. The van der Waals surface area contributed by atoms with Crippen molar-refractivity contribution in [3.8, 4) is 0 Å². The minimum Gasteiger partial charge on any atom is -0.443 e. The van der Waals surface area contributed by atoms with E-state index in [1.54, 1.807) is 17.0 Å². The molecule has 26 heavy (non-hydrogen) atoms. The van der Waals surface area contributed by atoms with Gasteiger partial charge in [-0.15, -0.1) is 0 Å². The van der Waals surface area contributed by atoms with Crippen LogP contribution in [0.2, 0.25) is 0 Å². The van der Waals surface area contributed by atoms with E-state index in [1.165, 1.54) is 0 Å². The van der Waals surface area contributed by atoms with E-state index in [2.05, 4.69) is 4.98 Å². The number of nitrogens with zero attached hydrogens (tertiary/aromatic N) is 2. The lowest BCUT2D eigenvalue weighted by atomic mass is 9.77. The number of ether oxygens (including phenoxy) is 1. The van der Waals surface area contributed by atoms with Gasteiger partial charge < -0.3 is 14.0 Å². The maximum Gasteiger partial charge on any atom is 0.497 e. The zero-order valence-electron chi connectivity index (χ0n) is 16.8. The summed E-state index contributed by atoms with van der Waals surface area (Å²) in [6, 6.07) is 1.88. The van der Waals surface area contributed by atoms with Crippen molar-refractivity contribution in [2.45, 2.75) is 72.2 Å². The first-order chi connectivity index (χ1) is 11.8. The smallest absolute Gasteiger partial charge is 0.443 e. The van der Waals surface area contributed by atoms with Gasteiger partial charge in [0.1, 0.15) is 5.60 Å². The van der Waals surface area contributed by atoms with E-state index >= 15 is 0 Å². The Morgan fingerprint density at radius 1 is 1.19 bits per heavy atom. The third-order valence-corrected chi connectivity index (χ3v) is 5.12. The standard InChI is InChI=1S/C19H27BN2O4/c1-12-15(20-25-18(5,6)19(7,8)26-20)13-9-10-21-11-14(13)22(12)16(23)24-17(2,3)4/h9-11H,1-8H3. The average molecular weight is 358 g/mol. The Labute approximate surface area is 155 Å². The van der Waals surface area contributed by atoms with E-state index in [0.717, 1.165) is 16.5 Å². The molecule has 0 bridgehead atoms. The first kappa shape index (κ1) is 18.9. The third-order valence-electron chi connectivity index (χ3n) is 5.12. The SMILES string of the molecule is Cc1c(B2OC(C)(C)C(C)(C)O2)c2ccncc2n1C(=O)OC(C)(C)C. The Morgan fingerprint density at radius 2 is 1.77 bits per heavy atom. The first-order valence-corrected chi connectivity index (χ1v) is 8.88. The van der Waals surface area contributed by atoms with Crippen LogP contribution in [-0.4, -0.2) is 39.6 Å². The van der Waals surface area contributed by atoms with Crippen molar-refractivity contribution >= 4 is 29.6 Å². The van der Waals surface area contributed by atoms with Crippen molar-refractivity contribution in [2.24, 2.45) is 0 Å². The van der Waals surface area contributed by atoms with Crippen LogP contribution in [0, 0.1) is 6.92 Å². The van der Waals surface area contributed by atoms with Crippen LogP contribution in [0.25, 0.3) is 10.9 Å². The molecule has 1 fully saturated rings. The first-order valence-electron chi connectivity index (χ1n) is 8.88. The molecular weight excluding hydrogens is 331 g/mol. The fourth-order valence-corrected chi connectivity index (χ4v) is 3.09. The summed E-state index contributed by atoms with van der Waals surface area (Å²) in [5.41, 5.74) is 0.749. The molecule has 0 amide bonds. The van der Waals surface area contributed by atoms with E-state index < -0.39 is 30.0 Å².